The number of nitro groups is 1. The maximum Gasteiger partial charge on any atom is 0.286 e. The number of alkyl halides is 1. The lowest BCUT2D eigenvalue weighted by atomic mass is 10.2. The highest BCUT2D eigenvalue weighted by atomic mass is 79.9. The van der Waals surface area contributed by atoms with Crippen molar-refractivity contribution in [2.24, 2.45) is 0 Å². The highest BCUT2D eigenvalue weighted by Gasteiger charge is 2.17. The third-order valence-corrected chi connectivity index (χ3v) is 2.20. The van der Waals surface area contributed by atoms with E-state index in [0.717, 1.165) is 12.1 Å². The fourth-order valence-corrected chi connectivity index (χ4v) is 1.21. The van der Waals surface area contributed by atoms with Gasteiger partial charge in [-0.05, 0) is 27.6 Å². The number of hydrogen-bond acceptors (Lipinski definition) is 2. The van der Waals surface area contributed by atoms with Gasteiger partial charge in [-0.3, -0.25) is 10.1 Å². The maximum absolute atomic E-state index is 12.9. The molecule has 0 bridgehead atoms. The van der Waals surface area contributed by atoms with E-state index in [4.69, 9.17) is 0 Å². The third kappa shape index (κ3) is 2.00. The van der Waals surface area contributed by atoms with Gasteiger partial charge in [0.1, 0.15) is 17.0 Å². The number of nitro benzene ring substituents is 1. The number of hydrogen-bond donors (Lipinski definition) is 0. The molecule has 0 heterocycles. The second kappa shape index (κ2) is 3.78. The van der Waals surface area contributed by atoms with E-state index in [-0.39, 0.29) is 10.0 Å². The summed E-state index contributed by atoms with van der Waals surface area (Å²) in [5.41, 5.74) is -0.514. The summed E-state index contributed by atoms with van der Waals surface area (Å²) in [6.45, 7) is -0.926. The lowest BCUT2D eigenvalue weighted by Gasteiger charge is -1.99. The Bertz CT molecular complexity index is 357. The van der Waals surface area contributed by atoms with E-state index >= 15 is 0 Å². The lowest BCUT2D eigenvalue weighted by molar-refractivity contribution is -0.385. The van der Waals surface area contributed by atoms with E-state index in [1.165, 1.54) is 0 Å². The molecular formula is C7H4BrF2NO2. The number of nitrogens with zero attached hydrogens (tertiary/aromatic N) is 1. The fourth-order valence-electron chi connectivity index (χ4n) is 0.839. The summed E-state index contributed by atoms with van der Waals surface area (Å²) in [7, 11) is 0. The summed E-state index contributed by atoms with van der Waals surface area (Å²) in [5, 5.41) is 10.3. The maximum atomic E-state index is 12.9. The van der Waals surface area contributed by atoms with Crippen LogP contribution in [0.2, 0.25) is 0 Å². The van der Waals surface area contributed by atoms with Crippen molar-refractivity contribution >= 4 is 21.6 Å². The highest BCUT2D eigenvalue weighted by Crippen LogP contribution is 2.29. The van der Waals surface area contributed by atoms with Gasteiger partial charge in [0.15, 0.2) is 0 Å². The molecule has 0 radical (unpaired) electrons. The lowest BCUT2D eigenvalue weighted by Crippen LogP contribution is -1.94. The molecule has 0 unspecified atom stereocenters. The summed E-state index contributed by atoms with van der Waals surface area (Å²) in [5.74, 6) is -0.832. The van der Waals surface area contributed by atoms with E-state index in [9.17, 15) is 18.9 Å². The first-order valence-corrected chi connectivity index (χ1v) is 4.04. The molecule has 1 rings (SSSR count). The topological polar surface area (TPSA) is 43.1 Å². The smallest absolute Gasteiger partial charge is 0.258 e. The van der Waals surface area contributed by atoms with E-state index in [1.807, 2.05) is 0 Å². The first-order valence-electron chi connectivity index (χ1n) is 3.24. The van der Waals surface area contributed by atoms with Crippen molar-refractivity contribution in [3.05, 3.63) is 38.1 Å². The Balaban J connectivity index is 3.33. The van der Waals surface area contributed by atoms with E-state index in [1.54, 1.807) is 0 Å². The van der Waals surface area contributed by atoms with Gasteiger partial charge in [0.05, 0.1) is 4.92 Å². The molecule has 0 saturated heterocycles. The van der Waals surface area contributed by atoms with Gasteiger partial charge in [0.2, 0.25) is 0 Å². The van der Waals surface area contributed by atoms with Gasteiger partial charge in [-0.2, -0.15) is 0 Å². The highest BCUT2D eigenvalue weighted by molar-refractivity contribution is 9.10. The van der Waals surface area contributed by atoms with Crippen LogP contribution in [-0.4, -0.2) is 4.92 Å². The molecule has 0 aliphatic heterocycles. The standard InChI is InChI=1S/C7H4BrF2NO2/c8-7-5(10)1-4(3-9)2-6(7)11(12)13/h1-2H,3H2. The molecular weight excluding hydrogens is 248 g/mol. The molecule has 13 heavy (non-hydrogen) atoms. The average molecular weight is 252 g/mol. The Hall–Kier alpha value is -1.04. The molecule has 0 aromatic heterocycles. The molecule has 0 fully saturated rings. The average Bonchev–Trinajstić information content (AvgIpc) is 2.09. The van der Waals surface area contributed by atoms with Crippen LogP contribution in [0.1, 0.15) is 5.56 Å². The minimum Gasteiger partial charge on any atom is -0.258 e. The fraction of sp³-hybridized carbons (Fsp3) is 0.143. The molecule has 0 atom stereocenters. The SMILES string of the molecule is O=[N+]([O-])c1cc(CF)cc(F)c1Br. The number of halogens is 3. The predicted molar refractivity (Wildman–Crippen MR) is 45.6 cm³/mol. The van der Waals surface area contributed by atoms with E-state index in [0.29, 0.717) is 0 Å². The van der Waals surface area contributed by atoms with Crippen LogP contribution in [-0.2, 0) is 6.67 Å². The summed E-state index contributed by atoms with van der Waals surface area (Å²) < 4.78 is 24.7. The van der Waals surface area contributed by atoms with Gasteiger partial charge < -0.3 is 0 Å². The zero-order chi connectivity index (χ0) is 10.0. The van der Waals surface area contributed by atoms with Crippen molar-refractivity contribution in [2.75, 3.05) is 0 Å². The minimum atomic E-state index is -0.926. The Morgan fingerprint density at radius 1 is 1.54 bits per heavy atom. The molecule has 3 nitrogen and oxygen atoms in total. The zero-order valence-electron chi connectivity index (χ0n) is 6.26. The molecule has 0 N–H and O–H groups in total. The Morgan fingerprint density at radius 3 is 2.62 bits per heavy atom. The van der Waals surface area contributed by atoms with Crippen molar-refractivity contribution < 1.29 is 13.7 Å². The van der Waals surface area contributed by atoms with Crippen molar-refractivity contribution in [3.8, 4) is 0 Å². The number of rotatable bonds is 2. The quantitative estimate of drug-likeness (QED) is 0.599. The normalized spacial score (nSPS) is 10.1. The van der Waals surface area contributed by atoms with Crippen molar-refractivity contribution in [1.29, 1.82) is 0 Å². The minimum absolute atomic E-state index is 0.0487. The van der Waals surface area contributed by atoms with Gasteiger partial charge in [-0.1, -0.05) is 0 Å². The summed E-state index contributed by atoms with van der Waals surface area (Å²) >= 11 is 2.70. The summed E-state index contributed by atoms with van der Waals surface area (Å²) in [4.78, 5) is 9.56. The van der Waals surface area contributed by atoms with Gasteiger partial charge >= 0.3 is 0 Å². The first kappa shape index (κ1) is 10.0. The zero-order valence-corrected chi connectivity index (χ0v) is 7.85. The Labute approximate surface area is 80.6 Å². The van der Waals surface area contributed by atoms with E-state index < -0.39 is 23.1 Å². The van der Waals surface area contributed by atoms with Crippen LogP contribution in [0.5, 0.6) is 0 Å². The molecule has 0 aliphatic rings. The van der Waals surface area contributed by atoms with Gasteiger partial charge in [-0.15, -0.1) is 0 Å². The van der Waals surface area contributed by atoms with Crippen LogP contribution in [0.25, 0.3) is 0 Å². The van der Waals surface area contributed by atoms with E-state index in [2.05, 4.69) is 15.9 Å². The van der Waals surface area contributed by atoms with Crippen molar-refractivity contribution in [1.82, 2.24) is 0 Å². The van der Waals surface area contributed by atoms with Crippen molar-refractivity contribution in [2.45, 2.75) is 6.67 Å². The van der Waals surface area contributed by atoms with Crippen LogP contribution in [0.15, 0.2) is 16.6 Å². The van der Waals surface area contributed by atoms with Crippen molar-refractivity contribution in [3.63, 3.8) is 0 Å². The van der Waals surface area contributed by atoms with Crippen LogP contribution in [0, 0.1) is 15.9 Å². The summed E-state index contributed by atoms with van der Waals surface area (Å²) in [6.07, 6.45) is 0. The molecule has 0 aliphatic carbocycles. The second-order valence-electron chi connectivity index (χ2n) is 2.30. The molecule has 1 aromatic rings. The largest absolute Gasteiger partial charge is 0.286 e. The third-order valence-electron chi connectivity index (χ3n) is 1.42. The molecule has 1 aromatic carbocycles. The Kier molecular flexibility index (Phi) is 2.92. The predicted octanol–water partition coefficient (Wildman–Crippen LogP) is 2.97. The number of benzene rings is 1. The molecule has 70 valence electrons. The van der Waals surface area contributed by atoms with Crippen LogP contribution in [0.4, 0.5) is 14.5 Å². The summed E-state index contributed by atoms with van der Waals surface area (Å²) in [6, 6.07) is 1.91. The van der Waals surface area contributed by atoms with Gasteiger partial charge in [-0.25, -0.2) is 8.78 Å². The van der Waals surface area contributed by atoms with Gasteiger partial charge in [0.25, 0.3) is 5.69 Å². The second-order valence-corrected chi connectivity index (χ2v) is 3.09. The Morgan fingerprint density at radius 2 is 2.15 bits per heavy atom. The molecule has 0 spiro atoms. The molecule has 6 heteroatoms. The van der Waals surface area contributed by atoms with Crippen LogP contribution >= 0.6 is 15.9 Å². The molecule has 0 saturated carbocycles. The van der Waals surface area contributed by atoms with Gasteiger partial charge in [0, 0.05) is 6.07 Å². The van der Waals surface area contributed by atoms with Crippen LogP contribution < -0.4 is 0 Å². The first-order chi connectivity index (χ1) is 6.06. The molecule has 0 amide bonds. The monoisotopic (exact) mass is 251 g/mol. The van der Waals surface area contributed by atoms with Crippen LogP contribution in [0.3, 0.4) is 0 Å².